The zero-order valence-corrected chi connectivity index (χ0v) is 32.4. The van der Waals surface area contributed by atoms with Crippen LogP contribution in [0.2, 0.25) is 0 Å². The number of benzene rings is 2. The molecule has 7 rings (SSSR count). The predicted molar refractivity (Wildman–Crippen MR) is 204 cm³/mol. The summed E-state index contributed by atoms with van der Waals surface area (Å²) in [5, 5.41) is 5.37. The Balaban J connectivity index is 1.03. The molecule has 2 fully saturated rings. The fraction of sp³-hybridized carbons (Fsp3) is 0.450. The minimum atomic E-state index is -0.715. The SMILES string of the molecule is COC(=O)NC(C(=O)N1CCC[C@H]1c1ncc(-c2ccc3c(c2)Oc2ccc(-c4cnc([C@@H]5CCCN5C(=O)C(NC(=O)OC)C(C)C)[nH]4)cc2O3)[nH]1)C(C)C. The van der Waals surface area contributed by atoms with Crippen molar-refractivity contribution in [2.75, 3.05) is 27.3 Å². The lowest BCUT2D eigenvalue weighted by atomic mass is 10.0. The first-order valence-electron chi connectivity index (χ1n) is 19.0. The number of nitrogens with one attached hydrogen (secondary N) is 4. The Morgan fingerprint density at radius 1 is 0.679 bits per heavy atom. The Morgan fingerprint density at radius 2 is 1.09 bits per heavy atom. The summed E-state index contributed by atoms with van der Waals surface area (Å²) in [6.45, 7) is 8.67. The zero-order chi connectivity index (χ0) is 39.7. The highest BCUT2D eigenvalue weighted by Crippen LogP contribution is 2.48. The number of amides is 4. The van der Waals surface area contributed by atoms with E-state index in [1.54, 1.807) is 22.2 Å². The van der Waals surface area contributed by atoms with E-state index in [0.717, 1.165) is 48.2 Å². The lowest BCUT2D eigenvalue weighted by molar-refractivity contribution is -0.136. The molecule has 5 heterocycles. The van der Waals surface area contributed by atoms with Crippen molar-refractivity contribution in [3.05, 3.63) is 60.4 Å². The van der Waals surface area contributed by atoms with E-state index in [2.05, 4.69) is 30.6 Å². The summed E-state index contributed by atoms with van der Waals surface area (Å²) in [6.07, 6.45) is 5.34. The second kappa shape index (κ2) is 16.0. The third-order valence-corrected chi connectivity index (χ3v) is 10.6. The van der Waals surface area contributed by atoms with E-state index in [0.29, 0.717) is 47.7 Å². The van der Waals surface area contributed by atoms with Crippen LogP contribution >= 0.6 is 0 Å². The van der Waals surface area contributed by atoms with Crippen molar-refractivity contribution in [2.45, 2.75) is 77.5 Å². The second-order valence-electron chi connectivity index (χ2n) is 15.0. The van der Waals surface area contributed by atoms with E-state index in [1.807, 2.05) is 64.1 Å². The van der Waals surface area contributed by atoms with Gasteiger partial charge in [0.1, 0.15) is 23.7 Å². The molecule has 56 heavy (non-hydrogen) atoms. The smallest absolute Gasteiger partial charge is 0.407 e. The number of alkyl carbamates (subject to hydrolysis) is 2. The molecule has 2 aromatic carbocycles. The number of H-pyrrole nitrogens is 2. The molecule has 0 saturated carbocycles. The van der Waals surface area contributed by atoms with Crippen LogP contribution in [0.1, 0.15) is 77.1 Å². The van der Waals surface area contributed by atoms with E-state index < -0.39 is 24.3 Å². The second-order valence-corrected chi connectivity index (χ2v) is 15.0. The summed E-state index contributed by atoms with van der Waals surface area (Å²) in [6, 6.07) is 9.35. The minimum Gasteiger partial charge on any atom is -0.453 e. The monoisotopic (exact) mass is 768 g/mol. The van der Waals surface area contributed by atoms with Crippen LogP contribution < -0.4 is 20.1 Å². The van der Waals surface area contributed by atoms with Crippen LogP contribution in [0.25, 0.3) is 22.5 Å². The van der Waals surface area contributed by atoms with Crippen molar-refractivity contribution in [1.82, 2.24) is 40.4 Å². The van der Waals surface area contributed by atoms with Crippen LogP contribution in [0.5, 0.6) is 23.0 Å². The van der Waals surface area contributed by atoms with E-state index in [-0.39, 0.29) is 35.7 Å². The van der Waals surface area contributed by atoms with Crippen molar-refractivity contribution < 1.29 is 38.1 Å². The normalized spacial score (nSPS) is 18.4. The lowest BCUT2D eigenvalue weighted by Crippen LogP contribution is -2.51. The summed E-state index contributed by atoms with van der Waals surface area (Å²) < 4.78 is 22.1. The average molecular weight is 769 g/mol. The highest BCUT2D eigenvalue weighted by atomic mass is 16.6. The van der Waals surface area contributed by atoms with Crippen molar-refractivity contribution in [2.24, 2.45) is 11.8 Å². The van der Waals surface area contributed by atoms with Crippen LogP contribution in [0.4, 0.5) is 9.59 Å². The third-order valence-electron chi connectivity index (χ3n) is 10.6. The molecule has 4 amide bonds. The van der Waals surface area contributed by atoms with Crippen molar-refractivity contribution in [1.29, 1.82) is 0 Å². The van der Waals surface area contributed by atoms with E-state index >= 15 is 0 Å². The maximum atomic E-state index is 13.6. The fourth-order valence-electron chi connectivity index (χ4n) is 7.61. The van der Waals surface area contributed by atoms with Crippen LogP contribution in [-0.2, 0) is 19.1 Å². The summed E-state index contributed by atoms with van der Waals surface area (Å²) in [7, 11) is 2.56. The van der Waals surface area contributed by atoms with Crippen molar-refractivity contribution >= 4 is 24.0 Å². The third kappa shape index (κ3) is 7.59. The number of aromatic nitrogens is 4. The van der Waals surface area contributed by atoms with Gasteiger partial charge in [-0.2, -0.15) is 0 Å². The number of imidazole rings is 2. The molecule has 16 nitrogen and oxygen atoms in total. The van der Waals surface area contributed by atoms with Gasteiger partial charge in [0.15, 0.2) is 23.0 Å². The molecule has 2 saturated heterocycles. The standard InChI is InChI=1S/C40H48N8O8/c1-21(2)33(45-39(51)53-5)37(49)47-15-7-9-27(47)35-41-19-25(43-35)23-11-13-29-31(17-23)55-30-14-12-24(18-32(30)56-29)26-20-42-36(44-26)28-10-8-16-48(28)38(50)34(22(3)4)46-40(52)54-6/h11-14,17-22,27-28,33-34H,7-10,15-16H2,1-6H3,(H,41,43)(H,42,44)(H,45,51)(H,46,52)/t27-,28-,33?,34?/m0/s1. The number of carbonyl (C=O) groups is 4. The molecule has 4 N–H and O–H groups in total. The highest BCUT2D eigenvalue weighted by Gasteiger charge is 2.39. The molecular weight excluding hydrogens is 720 g/mol. The number of hydrogen-bond acceptors (Lipinski definition) is 10. The number of nitrogens with zero attached hydrogens (tertiary/aromatic N) is 4. The first kappa shape index (κ1) is 38.2. The molecule has 0 bridgehead atoms. The Labute approximate surface area is 324 Å². The summed E-state index contributed by atoms with van der Waals surface area (Å²) in [5.74, 6) is 2.94. The number of rotatable bonds is 10. The zero-order valence-electron chi connectivity index (χ0n) is 32.4. The molecule has 4 atom stereocenters. The number of hydrogen-bond donors (Lipinski definition) is 4. The van der Waals surface area contributed by atoms with Gasteiger partial charge < -0.3 is 49.3 Å². The molecule has 0 radical (unpaired) electrons. The molecule has 0 aliphatic carbocycles. The quantitative estimate of drug-likeness (QED) is 0.123. The largest absolute Gasteiger partial charge is 0.453 e. The number of aromatic amines is 2. The molecule has 2 aromatic heterocycles. The Hall–Kier alpha value is -6.06. The topological polar surface area (TPSA) is 193 Å². The number of methoxy groups -OCH3 is 2. The molecule has 3 aliphatic heterocycles. The van der Waals surface area contributed by atoms with Gasteiger partial charge >= 0.3 is 12.2 Å². The molecule has 16 heteroatoms. The lowest BCUT2D eigenvalue weighted by Gasteiger charge is -2.30. The Morgan fingerprint density at radius 3 is 1.46 bits per heavy atom. The van der Waals surface area contributed by atoms with E-state index in [1.165, 1.54) is 14.2 Å². The molecule has 0 spiro atoms. The summed E-state index contributed by atoms with van der Waals surface area (Å²) >= 11 is 0. The van der Waals surface area contributed by atoms with E-state index in [4.69, 9.17) is 18.9 Å². The Bertz CT molecular complexity index is 1960. The van der Waals surface area contributed by atoms with Gasteiger partial charge in [0.05, 0.1) is 50.1 Å². The van der Waals surface area contributed by atoms with Gasteiger partial charge in [-0.15, -0.1) is 0 Å². The maximum absolute atomic E-state index is 13.6. The maximum Gasteiger partial charge on any atom is 0.407 e. The van der Waals surface area contributed by atoms with Crippen LogP contribution in [0.15, 0.2) is 48.8 Å². The number of carbonyl (C=O) groups excluding carboxylic acids is 4. The number of ether oxygens (including phenoxy) is 4. The fourth-order valence-corrected chi connectivity index (χ4v) is 7.61. The molecule has 3 aliphatic rings. The molecule has 296 valence electrons. The summed E-state index contributed by atoms with van der Waals surface area (Å²) in [4.78, 5) is 70.8. The Kier molecular flexibility index (Phi) is 10.9. The molecule has 4 aromatic rings. The van der Waals surface area contributed by atoms with Gasteiger partial charge in [0, 0.05) is 24.2 Å². The van der Waals surface area contributed by atoms with Gasteiger partial charge in [-0.1, -0.05) is 27.7 Å². The minimum absolute atomic E-state index is 0.128. The number of fused-ring (bicyclic) bond motifs is 2. The van der Waals surface area contributed by atoms with E-state index in [9.17, 15) is 19.2 Å². The van der Waals surface area contributed by atoms with Gasteiger partial charge in [-0.05, 0) is 73.9 Å². The molecular formula is C40H48N8O8. The van der Waals surface area contributed by atoms with Crippen molar-refractivity contribution in [3.8, 4) is 45.5 Å². The first-order valence-corrected chi connectivity index (χ1v) is 19.0. The van der Waals surface area contributed by atoms with Crippen LogP contribution in [0, 0.1) is 11.8 Å². The van der Waals surface area contributed by atoms with Crippen LogP contribution in [0.3, 0.4) is 0 Å². The van der Waals surface area contributed by atoms with Gasteiger partial charge in [0.2, 0.25) is 11.8 Å². The van der Waals surface area contributed by atoms with Gasteiger partial charge in [-0.25, -0.2) is 19.6 Å². The van der Waals surface area contributed by atoms with Crippen molar-refractivity contribution in [3.63, 3.8) is 0 Å². The number of likely N-dealkylation sites (tertiary alicyclic amines) is 2. The average Bonchev–Trinajstić information content (AvgIpc) is 4.03. The first-order chi connectivity index (χ1) is 26.9. The van der Waals surface area contributed by atoms with Crippen LogP contribution in [-0.4, -0.2) is 93.1 Å². The predicted octanol–water partition coefficient (Wildman–Crippen LogP) is 6.45. The summed E-state index contributed by atoms with van der Waals surface area (Å²) in [5.41, 5.74) is 3.19. The highest BCUT2D eigenvalue weighted by molar-refractivity contribution is 5.87. The molecule has 2 unspecified atom stereocenters. The van der Waals surface area contributed by atoms with Gasteiger partial charge in [0.25, 0.3) is 0 Å². The van der Waals surface area contributed by atoms with Gasteiger partial charge in [-0.3, -0.25) is 9.59 Å².